The molecule has 46 heavy (non-hydrogen) atoms. The number of aromatic nitrogens is 2. The van der Waals surface area contributed by atoms with Gasteiger partial charge in [0.25, 0.3) is 5.91 Å². The Labute approximate surface area is 263 Å². The van der Waals surface area contributed by atoms with E-state index in [4.69, 9.17) is 17.3 Å². The largest absolute Gasteiger partial charge is 0.423 e. The summed E-state index contributed by atoms with van der Waals surface area (Å²) < 4.78 is 72.2. The van der Waals surface area contributed by atoms with Crippen LogP contribution in [-0.4, -0.2) is 46.1 Å². The van der Waals surface area contributed by atoms with Crippen LogP contribution < -0.4 is 21.3 Å². The molecular formula is C31H26ClF5N6O3. The number of anilines is 2. The van der Waals surface area contributed by atoms with Crippen molar-refractivity contribution in [1.82, 2.24) is 15.1 Å². The molecule has 3 amide bonds. The summed E-state index contributed by atoms with van der Waals surface area (Å²) in [5, 5.41) is 20.5. The second kappa shape index (κ2) is 10.8. The molecule has 2 aliphatic heterocycles. The molecular weight excluding hydrogens is 635 g/mol. The minimum Gasteiger partial charge on any atom is -0.375 e. The minimum absolute atomic E-state index is 0.0156. The average molecular weight is 661 g/mol. The first kappa shape index (κ1) is 31.5. The number of benzene rings is 3. The lowest BCUT2D eigenvalue weighted by Crippen LogP contribution is -2.48. The van der Waals surface area contributed by atoms with Crippen LogP contribution in [0.2, 0.25) is 5.02 Å². The number of fused-ring (bicyclic) bond motifs is 2. The lowest BCUT2D eigenvalue weighted by Gasteiger charge is -2.27. The molecule has 0 fully saturated rings. The average Bonchev–Trinajstić information content (AvgIpc) is 3.70. The van der Waals surface area contributed by atoms with Crippen LogP contribution in [0.4, 0.5) is 38.1 Å². The van der Waals surface area contributed by atoms with E-state index in [1.807, 2.05) is 13.8 Å². The minimum atomic E-state index is -5.25. The summed E-state index contributed by atoms with van der Waals surface area (Å²) in [5.41, 5.74) is 1.91. The second-order valence-corrected chi connectivity index (χ2v) is 12.2. The van der Waals surface area contributed by atoms with Crippen LogP contribution >= 0.6 is 11.6 Å². The van der Waals surface area contributed by atoms with Gasteiger partial charge in [-0.15, -0.1) is 0 Å². The summed E-state index contributed by atoms with van der Waals surface area (Å²) >= 11 is 6.38. The lowest BCUT2D eigenvalue weighted by atomic mass is 9.93. The Morgan fingerprint density at radius 2 is 1.83 bits per heavy atom. The summed E-state index contributed by atoms with van der Waals surface area (Å²) in [6, 6.07) is 6.77. The Hall–Kier alpha value is -4.53. The van der Waals surface area contributed by atoms with Gasteiger partial charge in [0.05, 0.1) is 30.0 Å². The molecule has 6 rings (SSSR count). The Bertz CT molecular complexity index is 1910. The van der Waals surface area contributed by atoms with Gasteiger partial charge >= 0.3 is 12.2 Å². The fourth-order valence-electron chi connectivity index (χ4n) is 5.65. The molecule has 2 aliphatic rings. The quantitative estimate of drug-likeness (QED) is 0.201. The number of nitrogens with two attached hydrogens (primary N) is 1. The van der Waals surface area contributed by atoms with Gasteiger partial charge in [-0.2, -0.15) is 18.3 Å². The molecule has 0 bridgehead atoms. The number of alkyl halides is 3. The van der Waals surface area contributed by atoms with E-state index in [1.165, 1.54) is 18.3 Å². The molecule has 5 N–H and O–H groups in total. The van der Waals surface area contributed by atoms with E-state index in [0.717, 1.165) is 24.3 Å². The van der Waals surface area contributed by atoms with Gasteiger partial charge < -0.3 is 21.5 Å². The topological polar surface area (TPSA) is 126 Å². The zero-order chi connectivity index (χ0) is 33.3. The predicted molar refractivity (Wildman–Crippen MR) is 159 cm³/mol. The van der Waals surface area contributed by atoms with E-state index in [0.29, 0.717) is 22.1 Å². The molecule has 2 atom stereocenters. The number of urea groups is 1. The summed E-state index contributed by atoms with van der Waals surface area (Å²) in [4.78, 5) is 27.7. The third-order valence-corrected chi connectivity index (χ3v) is 8.68. The normalized spacial score (nSPS) is 19.2. The van der Waals surface area contributed by atoms with Crippen LogP contribution in [-0.2, 0) is 11.1 Å². The Kier molecular flexibility index (Phi) is 7.37. The fourth-order valence-corrected chi connectivity index (χ4v) is 5.88. The highest BCUT2D eigenvalue weighted by atomic mass is 35.5. The van der Waals surface area contributed by atoms with E-state index in [2.05, 4.69) is 15.7 Å². The van der Waals surface area contributed by atoms with Crippen molar-refractivity contribution in [2.24, 2.45) is 5.73 Å². The molecule has 3 heterocycles. The van der Waals surface area contributed by atoms with Gasteiger partial charge in [-0.3, -0.25) is 14.4 Å². The number of aliphatic hydroxyl groups is 1. The van der Waals surface area contributed by atoms with Gasteiger partial charge in [0.15, 0.2) is 0 Å². The smallest absolute Gasteiger partial charge is 0.375 e. The van der Waals surface area contributed by atoms with E-state index in [9.17, 15) is 36.6 Å². The molecule has 4 aromatic rings. The highest BCUT2D eigenvalue weighted by Crippen LogP contribution is 2.49. The summed E-state index contributed by atoms with van der Waals surface area (Å²) in [6.45, 7) is 2.71. The summed E-state index contributed by atoms with van der Waals surface area (Å²) in [7, 11) is 0. The van der Waals surface area contributed by atoms with Crippen LogP contribution in [0, 0.1) is 11.6 Å². The first-order chi connectivity index (χ1) is 21.5. The number of β-amino-alcohol motifs (C(OH)–C–C–N with tert-alkyl or cyclic N) is 1. The Morgan fingerprint density at radius 1 is 1.13 bits per heavy atom. The monoisotopic (exact) mass is 660 g/mol. The summed E-state index contributed by atoms with van der Waals surface area (Å²) in [5.74, 6) is -2.26. The lowest BCUT2D eigenvalue weighted by molar-refractivity contribution is -0.258. The predicted octanol–water partition coefficient (Wildman–Crippen LogP) is 5.81. The molecule has 0 aliphatic carbocycles. The van der Waals surface area contributed by atoms with E-state index in [-0.39, 0.29) is 39.6 Å². The van der Waals surface area contributed by atoms with Crippen LogP contribution in [0.3, 0.4) is 0 Å². The standard InChI is InChI=1S/C31H26ClF5N6O3/c1-29(2,13-38)43-12-16(11-39-43)15-7-20-25(26(41-27(20)44)19-9-17(33)3-5-22(19)32)23(8-15)40-28(45)42-14-30(46,31(35,36)37)21-10-18(34)4-6-24(21)42/h3-12,26,46H,13-14,38H2,1-2H3,(H,40,45)(H,41,44)/t26-,30-/m1/s1. The SMILES string of the molecule is CC(C)(CN)n1cc(-c2cc(NC(=O)N3C[C@](O)(C(F)(F)F)c4cc(F)ccc43)c3c(c2)C(=O)N[C@@H]3c2cc(F)ccc2Cl)cn1. The highest BCUT2D eigenvalue weighted by Gasteiger charge is 2.61. The molecule has 0 saturated carbocycles. The van der Waals surface area contributed by atoms with Gasteiger partial charge in [0, 0.05) is 51.3 Å². The van der Waals surface area contributed by atoms with Crippen molar-refractivity contribution in [3.8, 4) is 11.1 Å². The van der Waals surface area contributed by atoms with Crippen LogP contribution in [0.5, 0.6) is 0 Å². The van der Waals surface area contributed by atoms with Crippen molar-refractivity contribution >= 4 is 34.9 Å². The number of amides is 3. The molecule has 0 spiro atoms. The van der Waals surface area contributed by atoms with E-state index < -0.39 is 59.0 Å². The number of hydrogen-bond acceptors (Lipinski definition) is 5. The number of carbonyl (C=O) groups is 2. The number of rotatable bonds is 5. The molecule has 1 aromatic heterocycles. The first-order valence-corrected chi connectivity index (χ1v) is 14.3. The van der Waals surface area contributed by atoms with E-state index >= 15 is 0 Å². The van der Waals surface area contributed by atoms with Gasteiger partial charge in [0.1, 0.15) is 11.6 Å². The Balaban J connectivity index is 1.48. The van der Waals surface area contributed by atoms with Gasteiger partial charge in [-0.25, -0.2) is 13.6 Å². The third kappa shape index (κ3) is 5.06. The molecule has 240 valence electrons. The van der Waals surface area contributed by atoms with Crippen molar-refractivity contribution in [2.45, 2.75) is 37.2 Å². The third-order valence-electron chi connectivity index (χ3n) is 8.33. The maximum atomic E-state index is 14.3. The maximum Gasteiger partial charge on any atom is 0.423 e. The second-order valence-electron chi connectivity index (χ2n) is 11.8. The number of hydrogen-bond donors (Lipinski definition) is 4. The number of nitrogens with one attached hydrogen (secondary N) is 2. The van der Waals surface area contributed by atoms with Gasteiger partial charge in [-0.05, 0) is 67.9 Å². The van der Waals surface area contributed by atoms with Crippen molar-refractivity contribution in [1.29, 1.82) is 0 Å². The number of halogens is 6. The van der Waals surface area contributed by atoms with Crippen molar-refractivity contribution < 1.29 is 36.6 Å². The van der Waals surface area contributed by atoms with Crippen molar-refractivity contribution in [3.05, 3.63) is 99.8 Å². The van der Waals surface area contributed by atoms with Crippen LogP contribution in [0.25, 0.3) is 11.1 Å². The first-order valence-electron chi connectivity index (χ1n) is 13.9. The van der Waals surface area contributed by atoms with Crippen LogP contribution in [0.1, 0.15) is 46.9 Å². The molecule has 0 saturated heterocycles. The summed E-state index contributed by atoms with van der Waals surface area (Å²) in [6.07, 6.45) is -2.05. The van der Waals surface area contributed by atoms with Crippen LogP contribution in [0.15, 0.2) is 60.9 Å². The Morgan fingerprint density at radius 3 is 2.52 bits per heavy atom. The van der Waals surface area contributed by atoms with Gasteiger partial charge in [0.2, 0.25) is 5.60 Å². The van der Waals surface area contributed by atoms with Crippen molar-refractivity contribution in [2.75, 3.05) is 23.3 Å². The zero-order valence-electron chi connectivity index (χ0n) is 24.2. The molecule has 0 unspecified atom stereocenters. The fraction of sp³-hybridized carbons (Fsp3) is 0.258. The molecule has 3 aromatic carbocycles. The van der Waals surface area contributed by atoms with Crippen molar-refractivity contribution in [3.63, 3.8) is 0 Å². The van der Waals surface area contributed by atoms with Gasteiger partial charge in [-0.1, -0.05) is 11.6 Å². The number of carbonyl (C=O) groups excluding carboxylic acids is 2. The molecule has 15 heteroatoms. The highest BCUT2D eigenvalue weighted by molar-refractivity contribution is 6.31. The molecule has 0 radical (unpaired) electrons. The maximum absolute atomic E-state index is 14.3. The zero-order valence-corrected chi connectivity index (χ0v) is 25.0. The molecule has 9 nitrogen and oxygen atoms in total. The number of nitrogens with zero attached hydrogens (tertiary/aromatic N) is 3. The van der Waals surface area contributed by atoms with E-state index in [1.54, 1.807) is 16.9 Å².